The molecule has 0 unspecified atom stereocenters. The summed E-state index contributed by atoms with van der Waals surface area (Å²) in [5.41, 5.74) is 1.34. The molecule has 3 rings (SSSR count). The fourth-order valence-corrected chi connectivity index (χ4v) is 2.94. The second kappa shape index (κ2) is 5.69. The van der Waals surface area contributed by atoms with E-state index in [1.54, 1.807) is 30.4 Å². The van der Waals surface area contributed by atoms with E-state index in [0.717, 1.165) is 10.9 Å². The van der Waals surface area contributed by atoms with Crippen LogP contribution in [-0.2, 0) is 7.05 Å². The minimum absolute atomic E-state index is 0.260. The van der Waals surface area contributed by atoms with E-state index in [4.69, 9.17) is 9.47 Å². The summed E-state index contributed by atoms with van der Waals surface area (Å²) in [4.78, 5) is 16.6. The van der Waals surface area contributed by atoms with Crippen LogP contribution in [0.5, 0.6) is 11.5 Å². The predicted molar refractivity (Wildman–Crippen MR) is 86.1 cm³/mol. The molecule has 0 saturated heterocycles. The number of fused-ring (bicyclic) bond motifs is 1. The third kappa shape index (κ3) is 2.29. The first kappa shape index (κ1) is 14.4. The molecule has 0 saturated carbocycles. The molecule has 0 radical (unpaired) electrons. The fourth-order valence-electron chi connectivity index (χ4n) is 2.42. The fraction of sp³-hybridized carbons (Fsp3) is 0.200. The molecular formula is C15H15N3O3S. The van der Waals surface area contributed by atoms with E-state index in [1.807, 2.05) is 25.2 Å². The first-order valence-electron chi connectivity index (χ1n) is 6.57. The van der Waals surface area contributed by atoms with Gasteiger partial charge in [-0.15, -0.1) is 11.3 Å². The van der Waals surface area contributed by atoms with Gasteiger partial charge in [0.25, 0.3) is 5.91 Å². The smallest absolute Gasteiger partial charge is 0.277 e. The SMILES string of the molecule is COc1ccc2c(c1)c(OC)c(C(=O)Nc1nccs1)n2C. The van der Waals surface area contributed by atoms with E-state index in [1.165, 1.54) is 11.3 Å². The van der Waals surface area contributed by atoms with Gasteiger partial charge in [0, 0.05) is 24.0 Å². The second-order valence-electron chi connectivity index (χ2n) is 4.62. The lowest BCUT2D eigenvalue weighted by molar-refractivity contribution is 0.101. The minimum Gasteiger partial charge on any atom is -0.497 e. The number of nitrogens with one attached hydrogen (secondary N) is 1. The molecule has 1 amide bonds. The largest absolute Gasteiger partial charge is 0.497 e. The predicted octanol–water partition coefficient (Wildman–Crippen LogP) is 2.90. The third-order valence-corrected chi connectivity index (χ3v) is 4.12. The molecule has 1 N–H and O–H groups in total. The molecular weight excluding hydrogens is 302 g/mol. The Morgan fingerprint density at radius 3 is 2.77 bits per heavy atom. The highest BCUT2D eigenvalue weighted by Crippen LogP contribution is 2.35. The number of thiazole rings is 1. The molecule has 3 aromatic rings. The van der Waals surface area contributed by atoms with Crippen molar-refractivity contribution in [2.45, 2.75) is 0 Å². The molecule has 0 aliphatic carbocycles. The van der Waals surface area contributed by atoms with Crippen LogP contribution in [0.15, 0.2) is 29.8 Å². The van der Waals surface area contributed by atoms with Gasteiger partial charge in [-0.3, -0.25) is 10.1 Å². The van der Waals surface area contributed by atoms with Gasteiger partial charge in [0.05, 0.1) is 19.7 Å². The number of carbonyl (C=O) groups is 1. The van der Waals surface area contributed by atoms with E-state index in [-0.39, 0.29) is 5.91 Å². The number of rotatable bonds is 4. The number of aryl methyl sites for hydroxylation is 1. The van der Waals surface area contributed by atoms with Crippen molar-refractivity contribution in [1.82, 2.24) is 9.55 Å². The maximum atomic E-state index is 12.6. The zero-order valence-corrected chi connectivity index (χ0v) is 13.2. The standard InChI is InChI=1S/C15H15N3O3S/c1-18-11-5-4-9(20-2)8-10(11)13(21-3)12(18)14(19)17-15-16-6-7-22-15/h4-8H,1-3H3,(H,16,17,19). The number of ether oxygens (including phenoxy) is 2. The average Bonchev–Trinajstić information content (AvgIpc) is 3.12. The van der Waals surface area contributed by atoms with Crippen LogP contribution in [0, 0.1) is 0 Å². The number of anilines is 1. The van der Waals surface area contributed by atoms with Crippen molar-refractivity contribution in [3.8, 4) is 11.5 Å². The average molecular weight is 317 g/mol. The summed E-state index contributed by atoms with van der Waals surface area (Å²) in [5, 5.41) is 5.96. The van der Waals surface area contributed by atoms with Crippen molar-refractivity contribution in [2.75, 3.05) is 19.5 Å². The molecule has 6 nitrogen and oxygen atoms in total. The van der Waals surface area contributed by atoms with E-state index in [2.05, 4.69) is 10.3 Å². The lowest BCUT2D eigenvalue weighted by Crippen LogP contribution is -2.16. The third-order valence-electron chi connectivity index (χ3n) is 3.43. The van der Waals surface area contributed by atoms with Crippen molar-refractivity contribution < 1.29 is 14.3 Å². The summed E-state index contributed by atoms with van der Waals surface area (Å²) in [5.74, 6) is 0.971. The zero-order chi connectivity index (χ0) is 15.7. The number of aromatic nitrogens is 2. The first-order valence-corrected chi connectivity index (χ1v) is 7.45. The van der Waals surface area contributed by atoms with Crippen LogP contribution in [0.1, 0.15) is 10.5 Å². The van der Waals surface area contributed by atoms with Crippen molar-refractivity contribution in [3.05, 3.63) is 35.5 Å². The monoisotopic (exact) mass is 317 g/mol. The van der Waals surface area contributed by atoms with Gasteiger partial charge in [-0.1, -0.05) is 0 Å². The molecule has 1 aromatic carbocycles. The van der Waals surface area contributed by atoms with Gasteiger partial charge >= 0.3 is 0 Å². The van der Waals surface area contributed by atoms with E-state index in [0.29, 0.717) is 22.3 Å². The number of hydrogen-bond acceptors (Lipinski definition) is 5. The van der Waals surface area contributed by atoms with Gasteiger partial charge in [0.2, 0.25) is 0 Å². The van der Waals surface area contributed by atoms with Gasteiger partial charge in [0.1, 0.15) is 5.75 Å². The molecule has 2 heterocycles. The molecule has 0 aliphatic rings. The Balaban J connectivity index is 2.12. The zero-order valence-electron chi connectivity index (χ0n) is 12.4. The normalized spacial score (nSPS) is 10.7. The molecule has 22 heavy (non-hydrogen) atoms. The summed E-state index contributed by atoms with van der Waals surface area (Å²) < 4.78 is 12.5. The van der Waals surface area contributed by atoms with Crippen LogP contribution in [-0.4, -0.2) is 29.7 Å². The Labute approximate surface area is 131 Å². The highest BCUT2D eigenvalue weighted by Gasteiger charge is 2.23. The lowest BCUT2D eigenvalue weighted by Gasteiger charge is -2.06. The van der Waals surface area contributed by atoms with E-state index in [9.17, 15) is 4.79 Å². The summed E-state index contributed by atoms with van der Waals surface area (Å²) in [7, 11) is 4.98. The van der Waals surface area contributed by atoms with Gasteiger partial charge in [-0.25, -0.2) is 4.98 Å². The Bertz CT molecular complexity index is 824. The van der Waals surface area contributed by atoms with Gasteiger partial charge in [0.15, 0.2) is 16.6 Å². The Morgan fingerprint density at radius 1 is 1.32 bits per heavy atom. The lowest BCUT2D eigenvalue weighted by atomic mass is 10.2. The van der Waals surface area contributed by atoms with E-state index < -0.39 is 0 Å². The molecule has 2 aromatic heterocycles. The molecule has 0 spiro atoms. The highest BCUT2D eigenvalue weighted by atomic mass is 32.1. The Kier molecular flexibility index (Phi) is 3.72. The van der Waals surface area contributed by atoms with Gasteiger partial charge in [-0.05, 0) is 18.2 Å². The van der Waals surface area contributed by atoms with Gasteiger partial charge < -0.3 is 14.0 Å². The number of hydrogen-bond donors (Lipinski definition) is 1. The van der Waals surface area contributed by atoms with Crippen LogP contribution in [0.4, 0.5) is 5.13 Å². The van der Waals surface area contributed by atoms with Crippen LogP contribution in [0.3, 0.4) is 0 Å². The quantitative estimate of drug-likeness (QED) is 0.803. The number of methoxy groups -OCH3 is 2. The van der Waals surface area contributed by atoms with E-state index >= 15 is 0 Å². The van der Waals surface area contributed by atoms with Gasteiger partial charge in [-0.2, -0.15) is 0 Å². The first-order chi connectivity index (χ1) is 10.7. The van der Waals surface area contributed by atoms with Crippen molar-refractivity contribution in [2.24, 2.45) is 7.05 Å². The number of nitrogens with zero attached hydrogens (tertiary/aromatic N) is 2. The van der Waals surface area contributed by atoms with Crippen molar-refractivity contribution in [3.63, 3.8) is 0 Å². The highest BCUT2D eigenvalue weighted by molar-refractivity contribution is 7.13. The molecule has 114 valence electrons. The van der Waals surface area contributed by atoms with Crippen LogP contribution in [0.2, 0.25) is 0 Å². The van der Waals surface area contributed by atoms with Crippen LogP contribution in [0.25, 0.3) is 10.9 Å². The maximum absolute atomic E-state index is 12.6. The Hall–Kier alpha value is -2.54. The summed E-state index contributed by atoms with van der Waals surface area (Å²) in [6, 6.07) is 5.61. The van der Waals surface area contributed by atoms with Crippen LogP contribution >= 0.6 is 11.3 Å². The van der Waals surface area contributed by atoms with Crippen molar-refractivity contribution in [1.29, 1.82) is 0 Å². The Morgan fingerprint density at radius 2 is 2.14 bits per heavy atom. The topological polar surface area (TPSA) is 65.4 Å². The second-order valence-corrected chi connectivity index (χ2v) is 5.51. The molecule has 0 bridgehead atoms. The number of carbonyl (C=O) groups excluding carboxylic acids is 1. The minimum atomic E-state index is -0.260. The summed E-state index contributed by atoms with van der Waals surface area (Å²) in [6.45, 7) is 0. The molecule has 0 aliphatic heterocycles. The maximum Gasteiger partial charge on any atom is 0.277 e. The molecule has 7 heteroatoms. The molecule has 0 fully saturated rings. The summed E-state index contributed by atoms with van der Waals surface area (Å²) >= 11 is 1.37. The van der Waals surface area contributed by atoms with Crippen molar-refractivity contribution >= 4 is 33.3 Å². The van der Waals surface area contributed by atoms with Crippen LogP contribution < -0.4 is 14.8 Å². The molecule has 0 atom stereocenters. The number of benzene rings is 1. The number of amides is 1. The summed E-state index contributed by atoms with van der Waals surface area (Å²) in [6.07, 6.45) is 1.64.